The molecule has 0 heterocycles. The minimum Gasteiger partial charge on any atom is -0.501 e. The Bertz CT molecular complexity index is 1760. The summed E-state index contributed by atoms with van der Waals surface area (Å²) in [5.41, 5.74) is 1.00. The van der Waals surface area contributed by atoms with Gasteiger partial charge in [0, 0.05) is 23.4 Å². The Morgan fingerprint density at radius 1 is 0.923 bits per heavy atom. The number of benzene rings is 3. The monoisotopic (exact) mass is 611 g/mol. The zero-order valence-corrected chi connectivity index (χ0v) is 23.9. The van der Waals surface area contributed by atoms with Gasteiger partial charge in [-0.25, -0.2) is 0 Å². The maximum absolute atomic E-state index is 12.7. The molecular weight excluding hydrogens is 595 g/mol. The Morgan fingerprint density at radius 2 is 1.54 bits per heavy atom. The van der Waals surface area contributed by atoms with Gasteiger partial charge in [0.1, 0.15) is 11.0 Å². The van der Waals surface area contributed by atoms with E-state index in [-0.39, 0.29) is 63.0 Å². The normalized spacial score (nSPS) is 11.4. The van der Waals surface area contributed by atoms with Gasteiger partial charge in [-0.3, -0.25) is 45.2 Å². The van der Waals surface area contributed by atoms with E-state index in [0.29, 0.717) is 11.6 Å². The van der Waals surface area contributed by atoms with Crippen molar-refractivity contribution in [1.29, 1.82) is 0 Å². The number of aryl methyl sites for hydroxylation is 1. The van der Waals surface area contributed by atoms with Crippen molar-refractivity contribution < 1.29 is 80.3 Å². The molecule has 0 spiro atoms. The van der Waals surface area contributed by atoms with Crippen molar-refractivity contribution in [2.24, 2.45) is 10.2 Å². The summed E-state index contributed by atoms with van der Waals surface area (Å²) < 4.78 is 31.5. The summed E-state index contributed by atoms with van der Waals surface area (Å²) >= 11 is 0. The number of aromatic hydroxyl groups is 1. The van der Waals surface area contributed by atoms with Crippen LogP contribution in [0, 0.1) is 27.2 Å². The molecule has 0 aliphatic carbocycles. The molecule has 0 aliphatic rings. The molecule has 200 valence electrons. The molecule has 17 nitrogen and oxygen atoms in total. The van der Waals surface area contributed by atoms with Crippen LogP contribution in [0.5, 0.6) is 5.75 Å². The van der Waals surface area contributed by atoms with Crippen molar-refractivity contribution in [1.82, 2.24) is 0 Å². The van der Waals surface area contributed by atoms with Crippen LogP contribution in [-0.2, 0) is 27.5 Å². The van der Waals surface area contributed by atoms with Crippen LogP contribution in [0.2, 0.25) is 0 Å². The van der Waals surface area contributed by atoms with Gasteiger partial charge < -0.3 is 10.6 Å². The number of nitrogens with zero attached hydrogens (tertiary/aromatic N) is 4. The van der Waals surface area contributed by atoms with Gasteiger partial charge in [-0.2, -0.15) is 18.6 Å². The van der Waals surface area contributed by atoms with E-state index in [1.54, 1.807) is 0 Å². The SMILES string of the molecule is Cc1cc(S(=O)(=O)O)ccc1NN=c1c(=O)ccc(=NNc2cc([N+](=O)[O-])cc([N+](=O)[O-])c2O)c1=O.O.[Cr].[Na+]. The molecule has 3 aromatic carbocycles. The molecule has 39 heavy (non-hydrogen) atoms. The number of nitro benzene ring substituents is 2. The summed E-state index contributed by atoms with van der Waals surface area (Å²) in [6.07, 6.45) is 0. The molecule has 0 atom stereocenters. The van der Waals surface area contributed by atoms with Gasteiger partial charge in [0.25, 0.3) is 15.8 Å². The van der Waals surface area contributed by atoms with Crippen LogP contribution < -0.4 is 62.0 Å². The molecule has 0 bridgehead atoms. The third-order valence-corrected chi connectivity index (χ3v) is 5.49. The number of nitrogens with one attached hydrogen (secondary N) is 2. The van der Waals surface area contributed by atoms with Crippen molar-refractivity contribution in [2.45, 2.75) is 11.8 Å². The summed E-state index contributed by atoms with van der Waals surface area (Å²) in [6, 6.07) is 6.66. The van der Waals surface area contributed by atoms with Gasteiger partial charge in [-0.1, -0.05) is 0 Å². The van der Waals surface area contributed by atoms with Crippen molar-refractivity contribution >= 4 is 32.9 Å². The van der Waals surface area contributed by atoms with Crippen LogP contribution >= 0.6 is 0 Å². The molecule has 0 amide bonds. The molecule has 3 aromatic rings. The molecule has 6 N–H and O–H groups in total. The minimum atomic E-state index is -4.45. The number of nitro groups is 2. The number of phenolic OH excluding ortho intramolecular Hbond substituents is 1. The van der Waals surface area contributed by atoms with Crippen molar-refractivity contribution in [3.8, 4) is 5.75 Å². The van der Waals surface area contributed by atoms with Crippen LogP contribution in [0.3, 0.4) is 0 Å². The third-order valence-electron chi connectivity index (χ3n) is 4.64. The number of phenols is 1. The van der Waals surface area contributed by atoms with Gasteiger partial charge in [-0.05, 0) is 42.8 Å². The molecule has 0 radical (unpaired) electrons. The topological polar surface area (TPSA) is 275 Å². The van der Waals surface area contributed by atoms with E-state index < -0.39 is 64.3 Å². The van der Waals surface area contributed by atoms with Crippen LogP contribution in [0.1, 0.15) is 5.56 Å². The number of hydrogen-bond donors (Lipinski definition) is 4. The molecule has 0 saturated heterocycles. The molecule has 20 heteroatoms. The van der Waals surface area contributed by atoms with E-state index in [9.17, 15) is 43.3 Å². The molecule has 0 unspecified atom stereocenters. The minimum absolute atomic E-state index is 0. The second-order valence-electron chi connectivity index (χ2n) is 7.03. The van der Waals surface area contributed by atoms with Gasteiger partial charge in [0.05, 0.1) is 26.5 Å². The van der Waals surface area contributed by atoms with Crippen molar-refractivity contribution in [3.05, 3.63) is 99.4 Å². The smallest absolute Gasteiger partial charge is 0.501 e. The number of anilines is 2. The summed E-state index contributed by atoms with van der Waals surface area (Å²) in [5, 5.41) is 38.4. The summed E-state index contributed by atoms with van der Waals surface area (Å²) in [7, 11) is -4.45. The van der Waals surface area contributed by atoms with E-state index in [0.717, 1.165) is 30.3 Å². The maximum atomic E-state index is 12.7. The Balaban J connectivity index is 0.00000481. The van der Waals surface area contributed by atoms with E-state index in [2.05, 4.69) is 21.1 Å². The second kappa shape index (κ2) is 14.0. The Labute approximate surface area is 250 Å². The first-order chi connectivity index (χ1) is 16.8. The Morgan fingerprint density at radius 3 is 2.08 bits per heavy atom. The quantitative estimate of drug-likeness (QED) is 0.0663. The van der Waals surface area contributed by atoms with E-state index in [1.165, 1.54) is 13.0 Å². The molecular formula is C19H16CrN6NaO11S+. The zero-order chi connectivity index (χ0) is 26.8. The van der Waals surface area contributed by atoms with Crippen LogP contribution in [0.15, 0.2) is 67.2 Å². The molecule has 0 aromatic heterocycles. The average Bonchev–Trinajstić information content (AvgIpc) is 2.79. The summed E-state index contributed by atoms with van der Waals surface area (Å²) in [6.45, 7) is 1.48. The van der Waals surface area contributed by atoms with E-state index >= 15 is 0 Å². The Kier molecular flexibility index (Phi) is 12.7. The predicted molar refractivity (Wildman–Crippen MR) is 126 cm³/mol. The predicted octanol–water partition coefficient (Wildman–Crippen LogP) is -3.61. The number of hydrogen-bond acceptors (Lipinski definition) is 13. The molecule has 0 aliphatic heterocycles. The van der Waals surface area contributed by atoms with Gasteiger partial charge >= 0.3 is 35.2 Å². The maximum Gasteiger partial charge on any atom is 1.00 e. The molecule has 0 saturated carbocycles. The first-order valence-electron chi connectivity index (χ1n) is 9.48. The van der Waals surface area contributed by atoms with Crippen molar-refractivity contribution in [2.75, 3.05) is 10.9 Å². The average molecular weight is 611 g/mol. The number of non-ortho nitro benzene ring substituents is 1. The standard InChI is InChI=1S/C19H14N6O10S.Cr.Na.H2O/c1-9-6-11(36(33,34)35)2-3-12(9)20-23-17-16(26)5-4-13(19(17)28)21-22-14-7-10(24(29)30)8-15(18(14)27)25(31)32;;;/h2-8,20,22,27H,1H3,(H,33,34,35);;;1H2/q;;+1;. The summed E-state index contributed by atoms with van der Waals surface area (Å²) in [4.78, 5) is 44.6. The van der Waals surface area contributed by atoms with E-state index in [1.807, 2.05) is 0 Å². The van der Waals surface area contributed by atoms with Crippen LogP contribution in [0.4, 0.5) is 22.7 Å². The van der Waals surface area contributed by atoms with E-state index in [4.69, 9.17) is 4.55 Å². The number of rotatable bonds is 7. The zero-order valence-electron chi connectivity index (χ0n) is 19.8. The van der Waals surface area contributed by atoms with Gasteiger partial charge in [0.2, 0.25) is 16.6 Å². The van der Waals surface area contributed by atoms with Gasteiger partial charge in [0.15, 0.2) is 5.36 Å². The van der Waals surface area contributed by atoms with Crippen molar-refractivity contribution in [3.63, 3.8) is 0 Å². The van der Waals surface area contributed by atoms with Crippen LogP contribution in [0.25, 0.3) is 0 Å². The fourth-order valence-electron chi connectivity index (χ4n) is 2.83. The summed E-state index contributed by atoms with van der Waals surface area (Å²) in [5.74, 6) is -0.974. The largest absolute Gasteiger partial charge is 1.00 e. The first kappa shape index (κ1) is 35.5. The first-order valence-corrected chi connectivity index (χ1v) is 10.9. The molecule has 3 rings (SSSR count). The van der Waals surface area contributed by atoms with Crippen LogP contribution in [-0.4, -0.2) is 33.4 Å². The third kappa shape index (κ3) is 8.22. The molecule has 0 fully saturated rings. The fourth-order valence-corrected chi connectivity index (χ4v) is 3.39. The second-order valence-corrected chi connectivity index (χ2v) is 8.46. The van der Waals surface area contributed by atoms with Gasteiger partial charge in [-0.15, -0.1) is 0 Å². The Hall–Kier alpha value is -3.54. The fraction of sp³-hybridized carbons (Fsp3) is 0.0526.